The van der Waals surface area contributed by atoms with Gasteiger partial charge in [0.1, 0.15) is 6.17 Å². The number of β-amino-alcohol motifs (C(OH)–C–C–N with tert-alkyl or cyclic N) is 1. The largest absolute Gasteiger partial charge is 0.395 e. The van der Waals surface area contributed by atoms with Gasteiger partial charge in [0, 0.05) is 19.6 Å². The Kier molecular flexibility index (Phi) is 4.95. The monoisotopic (exact) mass is 169 g/mol. The Hall–Kier alpha value is 0.140. The second-order valence-electron chi connectivity index (χ2n) is 2.41. The van der Waals surface area contributed by atoms with Gasteiger partial charge in [-0.25, -0.2) is 4.39 Å². The molecule has 0 amide bonds. The Balaban J connectivity index is 0.000000810. The third-order valence-electron chi connectivity index (χ3n) is 1.63. The van der Waals surface area contributed by atoms with Crippen LogP contribution in [-0.2, 0) is 0 Å². The highest BCUT2D eigenvalue weighted by Gasteiger charge is 2.20. The highest BCUT2D eigenvalue weighted by molar-refractivity contribution is 5.85. The topological polar surface area (TPSA) is 23.5 Å². The van der Waals surface area contributed by atoms with Crippen LogP contribution in [0.3, 0.4) is 0 Å². The first kappa shape index (κ1) is 10.1. The van der Waals surface area contributed by atoms with Gasteiger partial charge in [0.2, 0.25) is 0 Å². The maximum atomic E-state index is 12.4. The highest BCUT2D eigenvalue weighted by Crippen LogP contribution is 2.10. The van der Waals surface area contributed by atoms with Gasteiger partial charge in [-0.3, -0.25) is 4.90 Å². The van der Waals surface area contributed by atoms with Gasteiger partial charge in [-0.2, -0.15) is 0 Å². The molecule has 1 fully saturated rings. The number of halogens is 2. The van der Waals surface area contributed by atoms with Crippen LogP contribution < -0.4 is 0 Å². The van der Waals surface area contributed by atoms with E-state index >= 15 is 0 Å². The number of aliphatic hydroxyl groups is 1. The number of hydrogen-bond donors (Lipinski definition) is 1. The van der Waals surface area contributed by atoms with E-state index < -0.39 is 6.17 Å². The molecule has 0 bridgehead atoms. The van der Waals surface area contributed by atoms with E-state index in [-0.39, 0.29) is 19.0 Å². The van der Waals surface area contributed by atoms with E-state index in [0.717, 1.165) is 6.54 Å². The number of aliphatic hydroxyl groups excluding tert-OH is 1. The van der Waals surface area contributed by atoms with Crippen molar-refractivity contribution in [2.24, 2.45) is 0 Å². The molecule has 1 N–H and O–H groups in total. The van der Waals surface area contributed by atoms with Crippen LogP contribution in [0.25, 0.3) is 0 Å². The minimum Gasteiger partial charge on any atom is -0.395 e. The first-order valence-electron chi connectivity index (χ1n) is 3.30. The average Bonchev–Trinajstić information content (AvgIpc) is 2.17. The normalized spacial score (nSPS) is 26.4. The molecule has 2 nitrogen and oxygen atoms in total. The fourth-order valence-electron chi connectivity index (χ4n) is 1.13. The Morgan fingerprint density at radius 3 is 2.70 bits per heavy atom. The Labute approximate surface area is 66.4 Å². The molecular formula is C6H13ClFNO. The predicted molar refractivity (Wildman–Crippen MR) is 40.3 cm³/mol. The standard InChI is InChI=1S/C6H12FNO.ClH/c7-6-1-2-8(5-6)3-4-9;/h6,9H,1-5H2;1H/t6-;/m1./s1. The van der Waals surface area contributed by atoms with Gasteiger partial charge in [0.05, 0.1) is 6.61 Å². The molecule has 4 heteroatoms. The molecule has 0 aromatic rings. The number of nitrogens with zero attached hydrogens (tertiary/aromatic N) is 1. The van der Waals surface area contributed by atoms with Crippen molar-refractivity contribution in [1.82, 2.24) is 4.90 Å². The van der Waals surface area contributed by atoms with Gasteiger partial charge in [-0.15, -0.1) is 12.4 Å². The lowest BCUT2D eigenvalue weighted by Gasteiger charge is -2.10. The van der Waals surface area contributed by atoms with Gasteiger partial charge in [-0.05, 0) is 6.42 Å². The molecule has 0 unspecified atom stereocenters. The number of likely N-dealkylation sites (tertiary alicyclic amines) is 1. The summed E-state index contributed by atoms with van der Waals surface area (Å²) >= 11 is 0. The molecule has 1 aliphatic heterocycles. The molecule has 1 aliphatic rings. The molecule has 0 saturated carbocycles. The Morgan fingerprint density at radius 2 is 2.30 bits per heavy atom. The zero-order valence-corrected chi connectivity index (χ0v) is 6.61. The molecule has 0 aliphatic carbocycles. The Bertz CT molecular complexity index is 91.8. The van der Waals surface area contributed by atoms with E-state index in [1.165, 1.54) is 0 Å². The Morgan fingerprint density at radius 1 is 1.60 bits per heavy atom. The molecule has 10 heavy (non-hydrogen) atoms. The second kappa shape index (κ2) is 4.88. The average molecular weight is 170 g/mol. The summed E-state index contributed by atoms with van der Waals surface area (Å²) in [5.41, 5.74) is 0. The second-order valence-corrected chi connectivity index (χ2v) is 2.41. The molecule has 0 spiro atoms. The minimum atomic E-state index is -0.656. The van der Waals surface area contributed by atoms with Crippen LogP contribution in [0.1, 0.15) is 6.42 Å². The van der Waals surface area contributed by atoms with Crippen molar-refractivity contribution in [3.63, 3.8) is 0 Å². The van der Waals surface area contributed by atoms with E-state index in [1.807, 2.05) is 4.90 Å². The van der Waals surface area contributed by atoms with Crippen LogP contribution in [0.5, 0.6) is 0 Å². The summed E-state index contributed by atoms with van der Waals surface area (Å²) in [5.74, 6) is 0. The number of alkyl halides is 1. The lowest BCUT2D eigenvalue weighted by molar-refractivity contribution is 0.211. The van der Waals surface area contributed by atoms with E-state index in [2.05, 4.69) is 0 Å². The van der Waals surface area contributed by atoms with Gasteiger partial charge in [0.15, 0.2) is 0 Å². The van der Waals surface area contributed by atoms with Crippen molar-refractivity contribution >= 4 is 12.4 Å². The van der Waals surface area contributed by atoms with Crippen LogP contribution in [0.4, 0.5) is 4.39 Å². The van der Waals surface area contributed by atoms with Gasteiger partial charge < -0.3 is 5.11 Å². The van der Waals surface area contributed by atoms with E-state index in [1.54, 1.807) is 0 Å². The van der Waals surface area contributed by atoms with Crippen molar-refractivity contribution in [1.29, 1.82) is 0 Å². The van der Waals surface area contributed by atoms with Crippen LogP contribution in [0.2, 0.25) is 0 Å². The van der Waals surface area contributed by atoms with Crippen molar-refractivity contribution in [3.05, 3.63) is 0 Å². The van der Waals surface area contributed by atoms with Crippen LogP contribution in [0.15, 0.2) is 0 Å². The molecular weight excluding hydrogens is 157 g/mol. The molecule has 0 radical (unpaired) electrons. The smallest absolute Gasteiger partial charge is 0.114 e. The summed E-state index contributed by atoms with van der Waals surface area (Å²) in [5, 5.41) is 8.45. The molecule has 0 aromatic carbocycles. The van der Waals surface area contributed by atoms with E-state index in [9.17, 15) is 4.39 Å². The zero-order chi connectivity index (χ0) is 6.69. The predicted octanol–water partition coefficient (Wildman–Crippen LogP) is 0.444. The lowest BCUT2D eigenvalue weighted by Crippen LogP contribution is -2.24. The number of hydrogen-bond acceptors (Lipinski definition) is 2. The van der Waals surface area contributed by atoms with Crippen molar-refractivity contribution in [2.45, 2.75) is 12.6 Å². The summed E-state index contributed by atoms with van der Waals surface area (Å²) < 4.78 is 12.4. The van der Waals surface area contributed by atoms with E-state index in [4.69, 9.17) is 5.11 Å². The molecule has 1 heterocycles. The van der Waals surface area contributed by atoms with Gasteiger partial charge in [-0.1, -0.05) is 0 Å². The third-order valence-corrected chi connectivity index (χ3v) is 1.63. The third kappa shape index (κ3) is 2.82. The van der Waals surface area contributed by atoms with E-state index in [0.29, 0.717) is 19.5 Å². The van der Waals surface area contributed by atoms with Crippen molar-refractivity contribution in [3.8, 4) is 0 Å². The molecule has 1 atom stereocenters. The molecule has 1 saturated heterocycles. The minimum absolute atomic E-state index is 0. The zero-order valence-electron chi connectivity index (χ0n) is 5.79. The fourth-order valence-corrected chi connectivity index (χ4v) is 1.13. The fraction of sp³-hybridized carbons (Fsp3) is 1.00. The summed E-state index contributed by atoms with van der Waals surface area (Å²) in [6.07, 6.45) is -0.0171. The molecule has 62 valence electrons. The summed E-state index contributed by atoms with van der Waals surface area (Å²) in [6.45, 7) is 2.09. The lowest BCUT2D eigenvalue weighted by atomic mass is 10.3. The summed E-state index contributed by atoms with van der Waals surface area (Å²) in [4.78, 5) is 1.94. The van der Waals surface area contributed by atoms with Gasteiger partial charge in [0.25, 0.3) is 0 Å². The highest BCUT2D eigenvalue weighted by atomic mass is 35.5. The van der Waals surface area contributed by atoms with Crippen molar-refractivity contribution < 1.29 is 9.50 Å². The summed E-state index contributed by atoms with van der Waals surface area (Å²) in [6, 6.07) is 0. The van der Waals surface area contributed by atoms with Crippen LogP contribution in [-0.4, -0.2) is 42.4 Å². The first-order chi connectivity index (χ1) is 4.33. The number of rotatable bonds is 2. The molecule has 0 aromatic heterocycles. The van der Waals surface area contributed by atoms with Crippen molar-refractivity contribution in [2.75, 3.05) is 26.2 Å². The summed E-state index contributed by atoms with van der Waals surface area (Å²) in [7, 11) is 0. The quantitative estimate of drug-likeness (QED) is 0.649. The maximum absolute atomic E-state index is 12.4. The van der Waals surface area contributed by atoms with Crippen LogP contribution >= 0.6 is 12.4 Å². The molecule has 1 rings (SSSR count). The maximum Gasteiger partial charge on any atom is 0.114 e. The SMILES string of the molecule is Cl.OCCN1CC[C@@H](F)C1. The van der Waals surface area contributed by atoms with Crippen LogP contribution in [0, 0.1) is 0 Å². The first-order valence-corrected chi connectivity index (χ1v) is 3.30. The van der Waals surface area contributed by atoms with Gasteiger partial charge >= 0.3 is 0 Å².